The summed E-state index contributed by atoms with van der Waals surface area (Å²) in [6.07, 6.45) is 5.79. The molecule has 3 heteroatoms. The molecule has 1 aliphatic heterocycles. The average Bonchev–Trinajstić information content (AvgIpc) is 2.68. The van der Waals surface area contributed by atoms with Gasteiger partial charge in [0.25, 0.3) is 0 Å². The third kappa shape index (κ3) is 3.01. The third-order valence-electron chi connectivity index (χ3n) is 4.59. The molecule has 2 rings (SSSR count). The summed E-state index contributed by atoms with van der Waals surface area (Å²) in [7, 11) is 0. The number of hydrogen-bond donors (Lipinski definition) is 2. The Morgan fingerprint density at radius 3 is 2.47 bits per heavy atom. The molecular formula is C14H26N2O. The molecule has 5 atom stereocenters. The molecule has 1 heterocycles. The SMILES string of the molecule is CC1CCC(NC(=O)C2CCCC2C)C(C)N1. The number of amides is 1. The highest BCUT2D eigenvalue weighted by atomic mass is 16.2. The first-order chi connectivity index (χ1) is 8.08. The Labute approximate surface area is 105 Å². The van der Waals surface area contributed by atoms with Crippen molar-refractivity contribution in [1.82, 2.24) is 10.6 Å². The zero-order valence-corrected chi connectivity index (χ0v) is 11.3. The first-order valence-electron chi connectivity index (χ1n) is 7.14. The van der Waals surface area contributed by atoms with Crippen molar-refractivity contribution in [2.75, 3.05) is 0 Å². The molecule has 0 radical (unpaired) electrons. The van der Waals surface area contributed by atoms with Crippen LogP contribution >= 0.6 is 0 Å². The summed E-state index contributed by atoms with van der Waals surface area (Å²) in [6, 6.07) is 1.31. The van der Waals surface area contributed by atoms with Crippen LogP contribution in [0.15, 0.2) is 0 Å². The van der Waals surface area contributed by atoms with Gasteiger partial charge in [0, 0.05) is 24.0 Å². The van der Waals surface area contributed by atoms with Gasteiger partial charge in [0.15, 0.2) is 0 Å². The molecule has 0 aromatic heterocycles. The molecule has 1 saturated carbocycles. The van der Waals surface area contributed by atoms with E-state index in [0.29, 0.717) is 30.0 Å². The van der Waals surface area contributed by atoms with E-state index in [4.69, 9.17) is 0 Å². The van der Waals surface area contributed by atoms with Crippen LogP contribution in [0.4, 0.5) is 0 Å². The van der Waals surface area contributed by atoms with Gasteiger partial charge in [-0.2, -0.15) is 0 Å². The minimum atomic E-state index is 0.265. The van der Waals surface area contributed by atoms with Crippen molar-refractivity contribution < 1.29 is 4.79 Å². The summed E-state index contributed by atoms with van der Waals surface area (Å²) in [6.45, 7) is 6.61. The van der Waals surface area contributed by atoms with Crippen molar-refractivity contribution in [3.05, 3.63) is 0 Å². The van der Waals surface area contributed by atoms with Gasteiger partial charge in [-0.15, -0.1) is 0 Å². The molecule has 1 amide bonds. The molecule has 1 saturated heterocycles. The molecule has 1 aliphatic carbocycles. The van der Waals surface area contributed by atoms with Crippen molar-refractivity contribution in [3.63, 3.8) is 0 Å². The first-order valence-corrected chi connectivity index (χ1v) is 7.14. The zero-order chi connectivity index (χ0) is 12.4. The van der Waals surface area contributed by atoms with Gasteiger partial charge in [-0.25, -0.2) is 0 Å². The quantitative estimate of drug-likeness (QED) is 0.773. The lowest BCUT2D eigenvalue weighted by Crippen LogP contribution is -2.55. The highest BCUT2D eigenvalue weighted by Gasteiger charge is 2.33. The van der Waals surface area contributed by atoms with E-state index >= 15 is 0 Å². The van der Waals surface area contributed by atoms with Gasteiger partial charge < -0.3 is 10.6 Å². The van der Waals surface area contributed by atoms with Crippen molar-refractivity contribution in [1.29, 1.82) is 0 Å². The second-order valence-electron chi connectivity index (χ2n) is 6.06. The van der Waals surface area contributed by atoms with E-state index in [1.807, 2.05) is 0 Å². The molecule has 0 aromatic carbocycles. The predicted octanol–water partition coefficient (Wildman–Crippen LogP) is 2.07. The molecule has 98 valence electrons. The van der Waals surface area contributed by atoms with Crippen LogP contribution in [0.1, 0.15) is 52.9 Å². The lowest BCUT2D eigenvalue weighted by atomic mass is 9.92. The first kappa shape index (κ1) is 12.9. The molecule has 0 bridgehead atoms. The van der Waals surface area contributed by atoms with Gasteiger partial charge >= 0.3 is 0 Å². The third-order valence-corrected chi connectivity index (χ3v) is 4.59. The van der Waals surface area contributed by atoms with Crippen LogP contribution in [0.2, 0.25) is 0 Å². The summed E-state index contributed by atoms with van der Waals surface area (Å²) >= 11 is 0. The van der Waals surface area contributed by atoms with Gasteiger partial charge in [-0.3, -0.25) is 4.79 Å². The van der Waals surface area contributed by atoms with E-state index in [1.54, 1.807) is 0 Å². The fraction of sp³-hybridized carbons (Fsp3) is 0.929. The van der Waals surface area contributed by atoms with Crippen LogP contribution in [0.3, 0.4) is 0 Å². The number of hydrogen-bond acceptors (Lipinski definition) is 2. The molecule has 2 fully saturated rings. The van der Waals surface area contributed by atoms with Crippen LogP contribution in [-0.2, 0) is 4.79 Å². The lowest BCUT2D eigenvalue weighted by molar-refractivity contribution is -0.127. The van der Waals surface area contributed by atoms with Crippen LogP contribution in [0.25, 0.3) is 0 Å². The minimum absolute atomic E-state index is 0.265. The molecule has 0 aromatic rings. The average molecular weight is 238 g/mol. The van der Waals surface area contributed by atoms with Crippen molar-refractivity contribution >= 4 is 5.91 Å². The molecule has 3 nitrogen and oxygen atoms in total. The van der Waals surface area contributed by atoms with E-state index in [2.05, 4.69) is 31.4 Å². The summed E-state index contributed by atoms with van der Waals surface area (Å²) in [5, 5.41) is 6.78. The van der Waals surface area contributed by atoms with Crippen molar-refractivity contribution in [2.45, 2.75) is 71.0 Å². The highest BCUT2D eigenvalue weighted by Crippen LogP contribution is 2.31. The number of nitrogens with one attached hydrogen (secondary N) is 2. The highest BCUT2D eigenvalue weighted by molar-refractivity contribution is 5.79. The van der Waals surface area contributed by atoms with E-state index < -0.39 is 0 Å². The standard InChI is InChI=1S/C14H26N2O/c1-9-5-4-6-12(9)14(17)16-13-8-7-10(2)15-11(13)3/h9-13,15H,4-8H2,1-3H3,(H,16,17). The molecule has 2 aliphatic rings. The molecular weight excluding hydrogens is 212 g/mol. The van der Waals surface area contributed by atoms with Crippen LogP contribution in [0, 0.1) is 11.8 Å². The Morgan fingerprint density at radius 2 is 1.88 bits per heavy atom. The van der Waals surface area contributed by atoms with Crippen LogP contribution in [-0.4, -0.2) is 24.0 Å². The Morgan fingerprint density at radius 1 is 1.12 bits per heavy atom. The Hall–Kier alpha value is -0.570. The van der Waals surface area contributed by atoms with Gasteiger partial charge in [-0.1, -0.05) is 13.3 Å². The Balaban J connectivity index is 1.86. The smallest absolute Gasteiger partial charge is 0.223 e. The maximum atomic E-state index is 12.2. The maximum absolute atomic E-state index is 12.2. The minimum Gasteiger partial charge on any atom is -0.352 e. The predicted molar refractivity (Wildman–Crippen MR) is 69.7 cm³/mol. The number of carbonyl (C=O) groups excluding carboxylic acids is 1. The topological polar surface area (TPSA) is 41.1 Å². The second kappa shape index (κ2) is 5.38. The Kier molecular flexibility index (Phi) is 4.08. The molecule has 0 spiro atoms. The monoisotopic (exact) mass is 238 g/mol. The largest absolute Gasteiger partial charge is 0.352 e. The summed E-state index contributed by atoms with van der Waals surface area (Å²) in [4.78, 5) is 12.2. The number of piperidine rings is 1. The zero-order valence-electron chi connectivity index (χ0n) is 11.3. The van der Waals surface area contributed by atoms with Gasteiger partial charge in [0.1, 0.15) is 0 Å². The second-order valence-corrected chi connectivity index (χ2v) is 6.06. The van der Waals surface area contributed by atoms with Crippen LogP contribution in [0.5, 0.6) is 0 Å². The Bertz CT molecular complexity index is 279. The molecule has 2 N–H and O–H groups in total. The summed E-state index contributed by atoms with van der Waals surface area (Å²) in [5.74, 6) is 1.13. The van der Waals surface area contributed by atoms with Gasteiger partial charge in [0.2, 0.25) is 5.91 Å². The lowest BCUT2D eigenvalue weighted by Gasteiger charge is -2.35. The van der Waals surface area contributed by atoms with Gasteiger partial charge in [-0.05, 0) is 45.4 Å². The fourth-order valence-corrected chi connectivity index (χ4v) is 3.35. The van der Waals surface area contributed by atoms with E-state index in [1.165, 1.54) is 12.8 Å². The maximum Gasteiger partial charge on any atom is 0.223 e. The van der Waals surface area contributed by atoms with E-state index in [9.17, 15) is 4.79 Å². The molecule has 5 unspecified atom stereocenters. The summed E-state index contributed by atoms with van der Waals surface area (Å²) in [5.41, 5.74) is 0. The molecule has 17 heavy (non-hydrogen) atoms. The van der Waals surface area contributed by atoms with Crippen molar-refractivity contribution in [3.8, 4) is 0 Å². The van der Waals surface area contributed by atoms with Gasteiger partial charge in [0.05, 0.1) is 0 Å². The summed E-state index contributed by atoms with van der Waals surface area (Å²) < 4.78 is 0. The number of rotatable bonds is 2. The van der Waals surface area contributed by atoms with Crippen molar-refractivity contribution in [2.24, 2.45) is 11.8 Å². The van der Waals surface area contributed by atoms with E-state index in [-0.39, 0.29) is 5.92 Å². The fourth-order valence-electron chi connectivity index (χ4n) is 3.35. The van der Waals surface area contributed by atoms with Crippen LogP contribution < -0.4 is 10.6 Å². The van der Waals surface area contributed by atoms with E-state index in [0.717, 1.165) is 19.3 Å². The number of carbonyl (C=O) groups is 1. The normalized spacial score (nSPS) is 42.4.